The van der Waals surface area contributed by atoms with Crippen LogP contribution < -0.4 is 10.1 Å². The molecule has 120 valence electrons. The summed E-state index contributed by atoms with van der Waals surface area (Å²) in [7, 11) is 1.57. The number of nitrogens with one attached hydrogen (secondary N) is 1. The topological polar surface area (TPSA) is 75.6 Å². The summed E-state index contributed by atoms with van der Waals surface area (Å²) in [5, 5.41) is 11.8. The molecule has 2 aromatic rings. The van der Waals surface area contributed by atoms with Crippen molar-refractivity contribution in [3.8, 4) is 5.75 Å². The highest BCUT2D eigenvalue weighted by atomic mass is 16.5. The molecule has 2 N–H and O–H groups in total. The number of carbonyl (C=O) groups excluding carboxylic acids is 1. The number of ether oxygens (including phenoxy) is 1. The molecule has 0 heterocycles. The largest absolute Gasteiger partial charge is 0.496 e. The molecule has 2 aromatic carbocycles. The minimum Gasteiger partial charge on any atom is -0.496 e. The van der Waals surface area contributed by atoms with E-state index in [-0.39, 0.29) is 17.9 Å². The maximum absolute atomic E-state index is 12.2. The first-order valence-corrected chi connectivity index (χ1v) is 7.18. The van der Waals surface area contributed by atoms with Crippen molar-refractivity contribution in [2.45, 2.75) is 20.3 Å². The predicted molar refractivity (Wildman–Crippen MR) is 88.2 cm³/mol. The molecular formula is C18H19NO4. The fraction of sp³-hybridized carbons (Fsp3) is 0.222. The van der Waals surface area contributed by atoms with Gasteiger partial charge in [0.1, 0.15) is 5.75 Å². The molecule has 2 rings (SSSR count). The highest BCUT2D eigenvalue weighted by molar-refractivity contribution is 5.94. The van der Waals surface area contributed by atoms with Crippen molar-refractivity contribution < 1.29 is 19.4 Å². The molecule has 0 unspecified atom stereocenters. The van der Waals surface area contributed by atoms with Crippen LogP contribution in [0, 0.1) is 13.8 Å². The zero-order valence-corrected chi connectivity index (χ0v) is 13.3. The summed E-state index contributed by atoms with van der Waals surface area (Å²) in [6.45, 7) is 3.65. The molecule has 23 heavy (non-hydrogen) atoms. The van der Waals surface area contributed by atoms with Crippen molar-refractivity contribution in [3.05, 3.63) is 58.7 Å². The number of carboxylic acids is 1. The molecule has 0 atom stereocenters. The molecule has 0 saturated carbocycles. The van der Waals surface area contributed by atoms with Gasteiger partial charge in [-0.3, -0.25) is 4.79 Å². The smallest absolute Gasteiger partial charge is 0.335 e. The Morgan fingerprint density at radius 1 is 1.13 bits per heavy atom. The van der Waals surface area contributed by atoms with Gasteiger partial charge >= 0.3 is 5.97 Å². The number of hydrogen-bond acceptors (Lipinski definition) is 3. The second kappa shape index (κ2) is 6.96. The van der Waals surface area contributed by atoms with Crippen LogP contribution in [-0.4, -0.2) is 24.1 Å². The third-order valence-electron chi connectivity index (χ3n) is 3.53. The van der Waals surface area contributed by atoms with Crippen LogP contribution in [0.5, 0.6) is 5.75 Å². The Kier molecular flexibility index (Phi) is 5.01. The zero-order chi connectivity index (χ0) is 17.0. The van der Waals surface area contributed by atoms with Gasteiger partial charge in [-0.25, -0.2) is 4.79 Å². The average Bonchev–Trinajstić information content (AvgIpc) is 2.47. The quantitative estimate of drug-likeness (QED) is 0.889. The van der Waals surface area contributed by atoms with Crippen LogP contribution in [0.1, 0.15) is 27.0 Å². The Morgan fingerprint density at radius 2 is 1.87 bits per heavy atom. The lowest BCUT2D eigenvalue weighted by molar-refractivity contribution is -0.115. The Labute approximate surface area is 134 Å². The minimum atomic E-state index is -0.982. The van der Waals surface area contributed by atoms with E-state index in [9.17, 15) is 9.59 Å². The lowest BCUT2D eigenvalue weighted by Crippen LogP contribution is -2.15. The maximum atomic E-state index is 12.2. The second-order valence-corrected chi connectivity index (χ2v) is 5.38. The van der Waals surface area contributed by atoms with Gasteiger partial charge in [0.15, 0.2) is 0 Å². The fourth-order valence-corrected chi connectivity index (χ4v) is 2.41. The normalized spacial score (nSPS) is 10.2. The van der Waals surface area contributed by atoms with Crippen molar-refractivity contribution in [2.24, 2.45) is 0 Å². The van der Waals surface area contributed by atoms with Gasteiger partial charge in [-0.15, -0.1) is 0 Å². The molecule has 0 bridgehead atoms. The molecule has 0 aromatic heterocycles. The van der Waals surface area contributed by atoms with Crippen LogP contribution in [-0.2, 0) is 11.2 Å². The Morgan fingerprint density at radius 3 is 2.48 bits per heavy atom. The fourth-order valence-electron chi connectivity index (χ4n) is 2.41. The van der Waals surface area contributed by atoms with Crippen LogP contribution in [0.2, 0.25) is 0 Å². The lowest BCUT2D eigenvalue weighted by atomic mass is 10.1. The summed E-state index contributed by atoms with van der Waals surface area (Å²) in [4.78, 5) is 23.2. The van der Waals surface area contributed by atoms with Crippen molar-refractivity contribution >= 4 is 17.6 Å². The Balaban J connectivity index is 2.12. The first-order chi connectivity index (χ1) is 10.9. The van der Waals surface area contributed by atoms with E-state index in [1.807, 2.05) is 25.1 Å². The Hall–Kier alpha value is -2.82. The van der Waals surface area contributed by atoms with E-state index in [2.05, 4.69) is 5.32 Å². The van der Waals surface area contributed by atoms with Crippen molar-refractivity contribution in [2.75, 3.05) is 12.4 Å². The summed E-state index contributed by atoms with van der Waals surface area (Å²) >= 11 is 0. The van der Waals surface area contributed by atoms with Crippen molar-refractivity contribution in [1.29, 1.82) is 0 Å². The number of carboxylic acid groups (broad SMARTS) is 1. The second-order valence-electron chi connectivity index (χ2n) is 5.38. The van der Waals surface area contributed by atoms with Gasteiger partial charge in [-0.2, -0.15) is 0 Å². The number of hydrogen-bond donors (Lipinski definition) is 2. The van der Waals surface area contributed by atoms with Crippen molar-refractivity contribution in [3.63, 3.8) is 0 Å². The Bertz CT molecular complexity index is 753. The molecule has 0 aliphatic rings. The van der Waals surface area contributed by atoms with E-state index in [4.69, 9.17) is 9.84 Å². The van der Waals surface area contributed by atoms with Gasteiger partial charge in [0.05, 0.1) is 19.1 Å². The van der Waals surface area contributed by atoms with E-state index < -0.39 is 5.97 Å². The highest BCUT2D eigenvalue weighted by Gasteiger charge is 2.11. The van der Waals surface area contributed by atoms with Crippen molar-refractivity contribution in [1.82, 2.24) is 0 Å². The number of aromatic carboxylic acids is 1. The summed E-state index contributed by atoms with van der Waals surface area (Å²) in [5.74, 6) is -0.496. The minimum absolute atomic E-state index is 0.184. The lowest BCUT2D eigenvalue weighted by Gasteiger charge is -2.11. The van der Waals surface area contributed by atoms with Crippen LogP contribution >= 0.6 is 0 Å². The molecular weight excluding hydrogens is 294 g/mol. The molecule has 0 aliphatic heterocycles. The number of amides is 1. The van der Waals surface area contributed by atoms with Gasteiger partial charge in [0.2, 0.25) is 5.91 Å². The maximum Gasteiger partial charge on any atom is 0.335 e. The van der Waals surface area contributed by atoms with E-state index in [0.29, 0.717) is 17.0 Å². The molecule has 0 fully saturated rings. The molecule has 1 amide bonds. The molecule has 0 aliphatic carbocycles. The van der Waals surface area contributed by atoms with Crippen LogP contribution in [0.3, 0.4) is 0 Å². The number of methoxy groups -OCH3 is 1. The molecule has 0 radical (unpaired) electrons. The third-order valence-corrected chi connectivity index (χ3v) is 3.53. The number of aryl methyl sites for hydroxylation is 2. The standard InChI is InChI=1S/C18H19NO4/c1-11-4-7-16(23-3)13(8-11)10-17(20)19-14-5-6-15(18(21)22)12(2)9-14/h4-9H,10H2,1-3H3,(H,19,20)(H,21,22). The molecule has 0 saturated heterocycles. The highest BCUT2D eigenvalue weighted by Crippen LogP contribution is 2.21. The third kappa shape index (κ3) is 4.10. The van der Waals surface area contributed by atoms with Crippen LogP contribution in [0.25, 0.3) is 0 Å². The SMILES string of the molecule is COc1ccc(C)cc1CC(=O)Nc1ccc(C(=O)O)c(C)c1. The van der Waals surface area contributed by atoms with E-state index in [1.54, 1.807) is 26.2 Å². The summed E-state index contributed by atoms with van der Waals surface area (Å²) < 4.78 is 5.27. The van der Waals surface area contributed by atoms with Crippen LogP contribution in [0.15, 0.2) is 36.4 Å². The van der Waals surface area contributed by atoms with Gasteiger partial charge in [-0.1, -0.05) is 17.7 Å². The number of rotatable bonds is 5. The molecule has 5 heteroatoms. The number of carbonyl (C=O) groups is 2. The monoisotopic (exact) mass is 313 g/mol. The summed E-state index contributed by atoms with van der Waals surface area (Å²) in [6.07, 6.45) is 0.185. The number of benzene rings is 2. The van der Waals surface area contributed by atoms with Gasteiger partial charge in [0, 0.05) is 11.3 Å². The summed E-state index contributed by atoms with van der Waals surface area (Å²) in [5.41, 5.74) is 3.26. The number of anilines is 1. The van der Waals surface area contributed by atoms with Crippen LogP contribution in [0.4, 0.5) is 5.69 Å². The van der Waals surface area contributed by atoms with E-state index >= 15 is 0 Å². The van der Waals surface area contributed by atoms with E-state index in [0.717, 1.165) is 11.1 Å². The first-order valence-electron chi connectivity index (χ1n) is 7.18. The van der Waals surface area contributed by atoms with Gasteiger partial charge in [0.25, 0.3) is 0 Å². The molecule has 5 nitrogen and oxygen atoms in total. The van der Waals surface area contributed by atoms with Gasteiger partial charge in [-0.05, 0) is 43.7 Å². The van der Waals surface area contributed by atoms with Gasteiger partial charge < -0.3 is 15.2 Å². The predicted octanol–water partition coefficient (Wildman–Crippen LogP) is 3.19. The average molecular weight is 313 g/mol. The summed E-state index contributed by atoms with van der Waals surface area (Å²) in [6, 6.07) is 10.4. The van der Waals surface area contributed by atoms with E-state index in [1.165, 1.54) is 6.07 Å². The first kappa shape index (κ1) is 16.5. The molecule has 0 spiro atoms. The zero-order valence-electron chi connectivity index (χ0n) is 13.3.